The zero-order valence-electron chi connectivity index (χ0n) is 24.6. The number of hydrogen-bond donors (Lipinski definition) is 0. The molecule has 0 amide bonds. The average molecular weight is 544 g/mol. The molecule has 0 unspecified atom stereocenters. The van der Waals surface area contributed by atoms with Gasteiger partial charge in [-0.15, -0.1) is 0 Å². The molecule has 0 aliphatic carbocycles. The number of aryl methyl sites for hydroxylation is 1. The lowest BCUT2D eigenvalue weighted by Gasteiger charge is -2.07. The Morgan fingerprint density at radius 2 is 0.925 bits per heavy atom. The summed E-state index contributed by atoms with van der Waals surface area (Å²) in [6, 6.07) is 19.8. The topological polar surface area (TPSA) is 56.1 Å². The van der Waals surface area contributed by atoms with Crippen LogP contribution in [0.3, 0.4) is 0 Å². The first kappa shape index (κ1) is 31.3. The van der Waals surface area contributed by atoms with Gasteiger partial charge >= 0.3 is 0 Å². The lowest BCUT2D eigenvalue weighted by atomic mass is 10.1. The fourth-order valence-electron chi connectivity index (χ4n) is 4.64. The molecule has 1 heterocycles. The molecule has 0 radical (unpaired) electrons. The predicted molar refractivity (Wildman–Crippen MR) is 166 cm³/mol. The highest BCUT2D eigenvalue weighted by atomic mass is 16.5. The highest BCUT2D eigenvalue weighted by Gasteiger charge is 1.99. The molecule has 5 heteroatoms. The number of nitrogens with zero attached hydrogens (tertiary/aromatic N) is 3. The minimum absolute atomic E-state index is 0.740. The lowest BCUT2D eigenvalue weighted by molar-refractivity contribution is 0.304. The van der Waals surface area contributed by atoms with Gasteiger partial charge in [0.15, 0.2) is 0 Å². The number of rotatable bonds is 22. The molecule has 0 atom stereocenters. The first-order valence-corrected chi connectivity index (χ1v) is 15.6. The van der Waals surface area contributed by atoms with Crippen molar-refractivity contribution in [2.24, 2.45) is 10.2 Å². The number of hydrogen-bond acceptors (Lipinski definition) is 5. The number of aromatic nitrogens is 1. The summed E-state index contributed by atoms with van der Waals surface area (Å²) < 4.78 is 11.8. The van der Waals surface area contributed by atoms with E-state index in [2.05, 4.69) is 34.3 Å². The SMILES string of the molecule is CCCCCCCCCCCCOc1ccc(N=Nc2ccc(OCCCCCCc3ccncc3)cc2)cc1. The van der Waals surface area contributed by atoms with Gasteiger partial charge in [0.2, 0.25) is 0 Å². The Morgan fingerprint density at radius 1 is 0.500 bits per heavy atom. The third kappa shape index (κ3) is 14.3. The van der Waals surface area contributed by atoms with Crippen molar-refractivity contribution in [1.82, 2.24) is 4.98 Å². The standard InChI is InChI=1S/C35H49N3O2/c1-2-3-4-5-6-7-8-9-11-14-29-39-34-21-17-32(18-22-34)37-38-33-19-23-35(24-20-33)40-30-15-12-10-13-16-31-25-27-36-28-26-31/h17-28H,2-16,29-30H2,1H3. The van der Waals surface area contributed by atoms with E-state index in [-0.39, 0.29) is 0 Å². The van der Waals surface area contributed by atoms with Gasteiger partial charge in [-0.2, -0.15) is 10.2 Å². The van der Waals surface area contributed by atoms with Gasteiger partial charge in [-0.05, 0) is 91.9 Å². The van der Waals surface area contributed by atoms with Gasteiger partial charge in [-0.25, -0.2) is 0 Å². The van der Waals surface area contributed by atoms with Crippen LogP contribution in [0.5, 0.6) is 11.5 Å². The molecule has 40 heavy (non-hydrogen) atoms. The summed E-state index contributed by atoms with van der Waals surface area (Å²) in [7, 11) is 0. The molecule has 0 bridgehead atoms. The number of ether oxygens (including phenoxy) is 2. The van der Waals surface area contributed by atoms with Crippen LogP contribution in [-0.4, -0.2) is 18.2 Å². The van der Waals surface area contributed by atoms with Crippen LogP contribution < -0.4 is 9.47 Å². The summed E-state index contributed by atoms with van der Waals surface area (Å²) in [6.07, 6.45) is 22.9. The van der Waals surface area contributed by atoms with Crippen molar-refractivity contribution in [3.8, 4) is 11.5 Å². The van der Waals surface area contributed by atoms with Crippen LogP contribution in [0, 0.1) is 0 Å². The third-order valence-corrected chi connectivity index (χ3v) is 7.10. The van der Waals surface area contributed by atoms with Crippen LogP contribution in [0.2, 0.25) is 0 Å². The minimum Gasteiger partial charge on any atom is -0.494 e. The molecule has 216 valence electrons. The Hall–Kier alpha value is -3.21. The van der Waals surface area contributed by atoms with Crippen LogP contribution >= 0.6 is 0 Å². The Labute approximate surface area is 242 Å². The average Bonchev–Trinajstić information content (AvgIpc) is 3.00. The summed E-state index contributed by atoms with van der Waals surface area (Å²) in [5.74, 6) is 1.77. The fourth-order valence-corrected chi connectivity index (χ4v) is 4.64. The second kappa shape index (κ2) is 20.7. The molecule has 0 fully saturated rings. The van der Waals surface area contributed by atoms with E-state index in [0.717, 1.165) is 55.4 Å². The predicted octanol–water partition coefficient (Wildman–Crippen LogP) is 11.0. The molecule has 3 rings (SSSR count). The zero-order valence-corrected chi connectivity index (χ0v) is 24.6. The van der Waals surface area contributed by atoms with Crippen molar-refractivity contribution in [2.45, 2.75) is 103 Å². The van der Waals surface area contributed by atoms with Gasteiger partial charge in [0.1, 0.15) is 11.5 Å². The number of pyridine rings is 1. The number of benzene rings is 2. The first-order chi connectivity index (χ1) is 19.8. The fraction of sp³-hybridized carbons (Fsp3) is 0.514. The van der Waals surface area contributed by atoms with Crippen molar-refractivity contribution in [1.29, 1.82) is 0 Å². The normalized spacial score (nSPS) is 11.2. The quantitative estimate of drug-likeness (QED) is 0.0935. The number of azo groups is 1. The second-order valence-corrected chi connectivity index (χ2v) is 10.6. The van der Waals surface area contributed by atoms with Crippen LogP contribution in [0.1, 0.15) is 102 Å². The van der Waals surface area contributed by atoms with Crippen LogP contribution in [-0.2, 0) is 6.42 Å². The minimum atomic E-state index is 0.740. The zero-order chi connectivity index (χ0) is 27.9. The maximum absolute atomic E-state index is 5.90. The molecular formula is C35H49N3O2. The highest BCUT2D eigenvalue weighted by Crippen LogP contribution is 2.23. The molecule has 5 nitrogen and oxygen atoms in total. The smallest absolute Gasteiger partial charge is 0.119 e. The molecule has 0 spiro atoms. The van der Waals surface area contributed by atoms with E-state index in [1.807, 2.05) is 60.9 Å². The molecule has 3 aromatic rings. The Balaban J connectivity index is 1.21. The maximum atomic E-state index is 5.90. The molecule has 0 N–H and O–H groups in total. The summed E-state index contributed by atoms with van der Waals surface area (Å²) in [5, 5.41) is 8.72. The third-order valence-electron chi connectivity index (χ3n) is 7.10. The van der Waals surface area contributed by atoms with E-state index in [9.17, 15) is 0 Å². The molecule has 0 aliphatic heterocycles. The Kier molecular flexibility index (Phi) is 16.2. The van der Waals surface area contributed by atoms with Crippen molar-refractivity contribution in [2.75, 3.05) is 13.2 Å². The molecule has 0 saturated heterocycles. The summed E-state index contributed by atoms with van der Waals surface area (Å²) in [5.41, 5.74) is 2.99. The molecular weight excluding hydrogens is 494 g/mol. The molecule has 2 aromatic carbocycles. The molecule has 1 aromatic heterocycles. The van der Waals surface area contributed by atoms with E-state index in [0.29, 0.717) is 0 Å². The molecule has 0 aliphatic rings. The highest BCUT2D eigenvalue weighted by molar-refractivity contribution is 5.44. The van der Waals surface area contributed by atoms with Crippen molar-refractivity contribution in [3.63, 3.8) is 0 Å². The Morgan fingerprint density at radius 3 is 1.40 bits per heavy atom. The molecule has 0 saturated carbocycles. The Bertz CT molecular complexity index is 1040. The van der Waals surface area contributed by atoms with Gasteiger partial charge in [-0.1, -0.05) is 77.6 Å². The van der Waals surface area contributed by atoms with Crippen molar-refractivity contribution < 1.29 is 9.47 Å². The van der Waals surface area contributed by atoms with E-state index >= 15 is 0 Å². The summed E-state index contributed by atoms with van der Waals surface area (Å²) >= 11 is 0. The van der Waals surface area contributed by atoms with E-state index in [1.54, 1.807) is 0 Å². The second-order valence-electron chi connectivity index (χ2n) is 10.6. The van der Waals surface area contributed by atoms with Crippen molar-refractivity contribution in [3.05, 3.63) is 78.6 Å². The largest absolute Gasteiger partial charge is 0.494 e. The first-order valence-electron chi connectivity index (χ1n) is 15.6. The van der Waals surface area contributed by atoms with Crippen LogP contribution in [0.25, 0.3) is 0 Å². The van der Waals surface area contributed by atoms with Crippen molar-refractivity contribution >= 4 is 11.4 Å². The van der Waals surface area contributed by atoms with Gasteiger partial charge in [0, 0.05) is 12.4 Å². The lowest BCUT2D eigenvalue weighted by Crippen LogP contribution is -1.97. The maximum Gasteiger partial charge on any atom is 0.119 e. The van der Waals surface area contributed by atoms with Crippen LogP contribution in [0.4, 0.5) is 11.4 Å². The van der Waals surface area contributed by atoms with E-state index in [1.165, 1.54) is 82.6 Å². The van der Waals surface area contributed by atoms with Gasteiger partial charge in [0.05, 0.1) is 24.6 Å². The van der Waals surface area contributed by atoms with Gasteiger partial charge in [-0.3, -0.25) is 4.98 Å². The van der Waals surface area contributed by atoms with Gasteiger partial charge in [0.25, 0.3) is 0 Å². The van der Waals surface area contributed by atoms with Crippen LogP contribution in [0.15, 0.2) is 83.3 Å². The van der Waals surface area contributed by atoms with Gasteiger partial charge < -0.3 is 9.47 Å². The monoisotopic (exact) mass is 543 g/mol. The summed E-state index contributed by atoms with van der Waals surface area (Å²) in [4.78, 5) is 4.07. The van der Waals surface area contributed by atoms with E-state index in [4.69, 9.17) is 9.47 Å². The van der Waals surface area contributed by atoms with E-state index < -0.39 is 0 Å². The summed E-state index contributed by atoms with van der Waals surface area (Å²) in [6.45, 7) is 3.79. The number of unbranched alkanes of at least 4 members (excludes halogenated alkanes) is 12.